The molecule has 0 saturated heterocycles. The highest BCUT2D eigenvalue weighted by Gasteiger charge is 2.37. The first-order chi connectivity index (χ1) is 14.4. The number of fused-ring (bicyclic) bond motifs is 1. The highest BCUT2D eigenvalue weighted by atomic mass is 32.2. The number of rotatable bonds is 4. The zero-order valence-corrected chi connectivity index (χ0v) is 18.2. The van der Waals surface area contributed by atoms with E-state index in [1.54, 1.807) is 24.3 Å². The third kappa shape index (κ3) is 3.82. The molecule has 1 atom stereocenters. The van der Waals surface area contributed by atoms with Gasteiger partial charge in [-0.3, -0.25) is 4.79 Å². The van der Waals surface area contributed by atoms with Crippen LogP contribution in [0.1, 0.15) is 22.8 Å². The number of thioether (sulfide) groups is 1. The maximum Gasteiger partial charge on any atom is 0.270 e. The molecule has 0 bridgehead atoms. The summed E-state index contributed by atoms with van der Waals surface area (Å²) in [5.74, 6) is 0.0216. The van der Waals surface area contributed by atoms with Gasteiger partial charge in [-0.05, 0) is 36.8 Å². The standard InChI is InChI=1S/C23H21NO4S2/c1-16-8-11-19(12-9-16)30(26,27)24-20-14-18(28-2)10-13-21(20)29-22(15-23(24)25)17-6-4-3-5-7-17/h3-14,22H,15H2,1-2H3/t22-/m1/s1. The Kier molecular flexibility index (Phi) is 5.58. The van der Waals surface area contributed by atoms with Crippen molar-refractivity contribution in [3.05, 3.63) is 83.9 Å². The maximum atomic E-state index is 13.5. The normalized spacial score (nSPS) is 16.7. The van der Waals surface area contributed by atoms with Crippen molar-refractivity contribution < 1.29 is 17.9 Å². The van der Waals surface area contributed by atoms with Crippen molar-refractivity contribution in [2.45, 2.75) is 28.4 Å². The highest BCUT2D eigenvalue weighted by molar-refractivity contribution is 8.00. The second-order valence-electron chi connectivity index (χ2n) is 7.03. The smallest absolute Gasteiger partial charge is 0.270 e. The minimum absolute atomic E-state index is 0.0662. The molecule has 0 fully saturated rings. The van der Waals surface area contributed by atoms with E-state index < -0.39 is 15.9 Å². The fourth-order valence-electron chi connectivity index (χ4n) is 3.39. The predicted molar refractivity (Wildman–Crippen MR) is 119 cm³/mol. The molecule has 1 amide bonds. The van der Waals surface area contributed by atoms with E-state index in [0.717, 1.165) is 15.4 Å². The zero-order chi connectivity index (χ0) is 21.3. The summed E-state index contributed by atoms with van der Waals surface area (Å²) in [6.45, 7) is 1.88. The first-order valence-electron chi connectivity index (χ1n) is 9.44. The van der Waals surface area contributed by atoms with Gasteiger partial charge < -0.3 is 4.74 Å². The summed E-state index contributed by atoms with van der Waals surface area (Å²) in [6.07, 6.45) is 0.0662. The van der Waals surface area contributed by atoms with Crippen molar-refractivity contribution >= 4 is 33.4 Å². The third-order valence-corrected chi connectivity index (χ3v) is 8.04. The SMILES string of the molecule is COc1ccc2c(c1)N(S(=O)(=O)c1ccc(C)cc1)C(=O)C[C@H](c1ccccc1)S2. The van der Waals surface area contributed by atoms with Gasteiger partial charge in [0.25, 0.3) is 10.0 Å². The van der Waals surface area contributed by atoms with Gasteiger partial charge in [-0.1, -0.05) is 48.0 Å². The number of amides is 1. The molecule has 0 N–H and O–H groups in total. The summed E-state index contributed by atoms with van der Waals surface area (Å²) in [6, 6.07) is 21.4. The van der Waals surface area contributed by atoms with Gasteiger partial charge in [0.1, 0.15) is 5.75 Å². The Morgan fingerprint density at radius 3 is 2.37 bits per heavy atom. The fraction of sp³-hybridized carbons (Fsp3) is 0.174. The molecule has 1 aliphatic rings. The van der Waals surface area contributed by atoms with Crippen molar-refractivity contribution in [3.8, 4) is 5.75 Å². The zero-order valence-electron chi connectivity index (χ0n) is 16.6. The maximum absolute atomic E-state index is 13.5. The molecule has 0 radical (unpaired) electrons. The van der Waals surface area contributed by atoms with E-state index >= 15 is 0 Å². The Labute approximate surface area is 180 Å². The molecular formula is C23H21NO4S2. The average molecular weight is 440 g/mol. The van der Waals surface area contributed by atoms with E-state index in [1.807, 2.05) is 43.3 Å². The molecule has 1 aliphatic heterocycles. The van der Waals surface area contributed by atoms with Crippen LogP contribution in [-0.2, 0) is 14.8 Å². The van der Waals surface area contributed by atoms with Gasteiger partial charge in [-0.2, -0.15) is 0 Å². The van der Waals surface area contributed by atoms with Crippen LogP contribution in [0.3, 0.4) is 0 Å². The number of anilines is 1. The minimum Gasteiger partial charge on any atom is -0.497 e. The number of hydrogen-bond acceptors (Lipinski definition) is 5. The second-order valence-corrected chi connectivity index (χ2v) is 10.1. The Bertz CT molecular complexity index is 1180. The largest absolute Gasteiger partial charge is 0.497 e. The lowest BCUT2D eigenvalue weighted by Gasteiger charge is -2.23. The summed E-state index contributed by atoms with van der Waals surface area (Å²) in [5.41, 5.74) is 2.24. The van der Waals surface area contributed by atoms with Gasteiger partial charge >= 0.3 is 0 Å². The molecule has 5 nitrogen and oxygen atoms in total. The molecule has 0 unspecified atom stereocenters. The van der Waals surface area contributed by atoms with E-state index in [-0.39, 0.29) is 16.6 Å². The number of methoxy groups -OCH3 is 1. The lowest BCUT2D eigenvalue weighted by molar-refractivity contribution is -0.117. The van der Waals surface area contributed by atoms with E-state index in [4.69, 9.17) is 4.74 Å². The Balaban J connectivity index is 1.86. The van der Waals surface area contributed by atoms with Crippen LogP contribution in [-0.4, -0.2) is 21.4 Å². The molecule has 3 aromatic rings. The quantitative estimate of drug-likeness (QED) is 0.575. The van der Waals surface area contributed by atoms with Crippen LogP contribution in [0.25, 0.3) is 0 Å². The highest BCUT2D eigenvalue weighted by Crippen LogP contribution is 2.47. The first-order valence-corrected chi connectivity index (χ1v) is 11.8. The topological polar surface area (TPSA) is 63.7 Å². The lowest BCUT2D eigenvalue weighted by atomic mass is 10.1. The minimum atomic E-state index is -4.08. The Morgan fingerprint density at radius 2 is 1.70 bits per heavy atom. The molecule has 3 aromatic carbocycles. The predicted octanol–water partition coefficient (Wildman–Crippen LogP) is 4.96. The Hall–Kier alpha value is -2.77. The third-order valence-electron chi connectivity index (χ3n) is 4.97. The summed E-state index contributed by atoms with van der Waals surface area (Å²) in [5, 5.41) is -0.191. The number of carbonyl (C=O) groups is 1. The van der Waals surface area contributed by atoms with Gasteiger partial charge in [0.15, 0.2) is 0 Å². The van der Waals surface area contributed by atoms with Crippen molar-refractivity contribution in [2.75, 3.05) is 11.4 Å². The summed E-state index contributed by atoms with van der Waals surface area (Å²) < 4.78 is 33.3. The van der Waals surface area contributed by atoms with E-state index in [9.17, 15) is 13.2 Å². The number of aryl methyl sites for hydroxylation is 1. The monoisotopic (exact) mass is 439 g/mol. The summed E-state index contributed by atoms with van der Waals surface area (Å²) >= 11 is 1.49. The molecule has 0 aliphatic carbocycles. The molecular weight excluding hydrogens is 418 g/mol. The van der Waals surface area contributed by atoms with Gasteiger partial charge in [0, 0.05) is 22.6 Å². The first kappa shape index (κ1) is 20.5. The number of carbonyl (C=O) groups excluding carboxylic acids is 1. The molecule has 154 valence electrons. The summed E-state index contributed by atoms with van der Waals surface area (Å²) in [4.78, 5) is 14.1. The molecule has 7 heteroatoms. The van der Waals surface area contributed by atoms with Gasteiger partial charge in [-0.15, -0.1) is 11.8 Å². The number of sulfonamides is 1. The second kappa shape index (κ2) is 8.16. The molecule has 0 saturated carbocycles. The van der Waals surface area contributed by atoms with E-state index in [0.29, 0.717) is 16.3 Å². The number of nitrogens with zero attached hydrogens (tertiary/aromatic N) is 1. The Morgan fingerprint density at radius 1 is 1.00 bits per heavy atom. The molecule has 0 spiro atoms. The van der Waals surface area contributed by atoms with Crippen molar-refractivity contribution in [3.63, 3.8) is 0 Å². The van der Waals surface area contributed by atoms with Crippen LogP contribution >= 0.6 is 11.8 Å². The van der Waals surface area contributed by atoms with Crippen LogP contribution < -0.4 is 9.04 Å². The van der Waals surface area contributed by atoms with Gasteiger partial charge in [0.05, 0.1) is 17.7 Å². The number of ether oxygens (including phenoxy) is 1. The number of hydrogen-bond donors (Lipinski definition) is 0. The van der Waals surface area contributed by atoms with Crippen LogP contribution in [0, 0.1) is 6.92 Å². The molecule has 1 heterocycles. The van der Waals surface area contributed by atoms with Crippen molar-refractivity contribution in [1.29, 1.82) is 0 Å². The molecule has 4 rings (SSSR count). The summed E-state index contributed by atoms with van der Waals surface area (Å²) in [7, 11) is -2.57. The number of benzene rings is 3. The van der Waals surface area contributed by atoms with Crippen molar-refractivity contribution in [2.24, 2.45) is 0 Å². The van der Waals surface area contributed by atoms with Crippen LogP contribution in [0.4, 0.5) is 5.69 Å². The van der Waals surface area contributed by atoms with Gasteiger partial charge in [-0.25, -0.2) is 12.7 Å². The lowest BCUT2D eigenvalue weighted by Crippen LogP contribution is -2.37. The molecule has 0 aromatic heterocycles. The van der Waals surface area contributed by atoms with Crippen LogP contribution in [0.15, 0.2) is 82.6 Å². The molecule has 30 heavy (non-hydrogen) atoms. The van der Waals surface area contributed by atoms with E-state index in [1.165, 1.54) is 31.0 Å². The fourth-order valence-corrected chi connectivity index (χ4v) is 6.13. The van der Waals surface area contributed by atoms with Gasteiger partial charge in [0.2, 0.25) is 5.91 Å². The van der Waals surface area contributed by atoms with Crippen LogP contribution in [0.2, 0.25) is 0 Å². The van der Waals surface area contributed by atoms with E-state index in [2.05, 4.69) is 0 Å². The van der Waals surface area contributed by atoms with Crippen LogP contribution in [0.5, 0.6) is 5.75 Å². The average Bonchev–Trinajstić information content (AvgIpc) is 2.90. The van der Waals surface area contributed by atoms with Crippen molar-refractivity contribution in [1.82, 2.24) is 0 Å².